The van der Waals surface area contributed by atoms with Gasteiger partial charge in [-0.15, -0.1) is 0 Å². The number of nitrogens with one attached hydrogen (secondary N) is 1. The summed E-state index contributed by atoms with van der Waals surface area (Å²) in [6, 6.07) is 0.475. The van der Waals surface area contributed by atoms with Gasteiger partial charge >= 0.3 is 6.03 Å². The molecule has 3 atom stereocenters. The number of rotatable bonds is 5. The van der Waals surface area contributed by atoms with E-state index < -0.39 is 0 Å². The van der Waals surface area contributed by atoms with Crippen molar-refractivity contribution in [2.24, 2.45) is 17.8 Å². The molecule has 0 aromatic rings. The van der Waals surface area contributed by atoms with Crippen LogP contribution in [0, 0.1) is 17.8 Å². The Balaban J connectivity index is 1.04. The van der Waals surface area contributed by atoms with Gasteiger partial charge in [0.1, 0.15) is 0 Å². The maximum Gasteiger partial charge on any atom is 0.320 e. The Kier molecular flexibility index (Phi) is 7.61. The van der Waals surface area contributed by atoms with Gasteiger partial charge < -0.3 is 24.9 Å². The summed E-state index contributed by atoms with van der Waals surface area (Å²) in [6.45, 7) is 7.96. The van der Waals surface area contributed by atoms with Gasteiger partial charge in [-0.05, 0) is 82.8 Å². The summed E-state index contributed by atoms with van der Waals surface area (Å²) in [7, 11) is 0. The van der Waals surface area contributed by atoms with Crippen LogP contribution >= 0.6 is 0 Å². The standard InChI is InChI=1S/C26H43N5O3/c32-24-7-4-6-23-22-16-20(18-31(23)24)17-30(19-22)26(34)29-14-8-21(9-15-29)25(33)27-10-5-13-28-11-2-1-3-12-28/h20-23H,1-19H2,(H,27,33)/t20-,22+,23+/m0/s1. The Labute approximate surface area is 204 Å². The quantitative estimate of drug-likeness (QED) is 0.621. The number of fused-ring (bicyclic) bond motifs is 4. The summed E-state index contributed by atoms with van der Waals surface area (Å²) in [6.07, 6.45) is 10.4. The van der Waals surface area contributed by atoms with Gasteiger partial charge in [0, 0.05) is 57.6 Å². The number of carbonyl (C=O) groups excluding carboxylic acids is 3. The summed E-state index contributed by atoms with van der Waals surface area (Å²) < 4.78 is 0. The number of hydrogen-bond acceptors (Lipinski definition) is 4. The first-order chi connectivity index (χ1) is 16.6. The van der Waals surface area contributed by atoms with Crippen LogP contribution < -0.4 is 5.32 Å². The molecule has 5 heterocycles. The smallest absolute Gasteiger partial charge is 0.320 e. The minimum atomic E-state index is 0.0292. The molecule has 0 aromatic carbocycles. The highest BCUT2D eigenvalue weighted by Crippen LogP contribution is 2.38. The van der Waals surface area contributed by atoms with Gasteiger partial charge in [-0.2, -0.15) is 0 Å². The first kappa shape index (κ1) is 23.9. The molecule has 5 aliphatic rings. The molecule has 8 heteroatoms. The van der Waals surface area contributed by atoms with Gasteiger partial charge in [0.25, 0.3) is 0 Å². The van der Waals surface area contributed by atoms with Crippen LogP contribution in [-0.4, -0.2) is 102 Å². The monoisotopic (exact) mass is 473 g/mol. The van der Waals surface area contributed by atoms with E-state index in [9.17, 15) is 14.4 Å². The second kappa shape index (κ2) is 10.8. The summed E-state index contributed by atoms with van der Waals surface area (Å²) in [5.41, 5.74) is 0. The van der Waals surface area contributed by atoms with Crippen molar-refractivity contribution in [1.29, 1.82) is 0 Å². The fraction of sp³-hybridized carbons (Fsp3) is 0.885. The molecule has 0 aromatic heterocycles. The predicted octanol–water partition coefficient (Wildman–Crippen LogP) is 2.14. The van der Waals surface area contributed by atoms with Crippen molar-refractivity contribution in [2.45, 2.75) is 70.3 Å². The Hall–Kier alpha value is -1.83. The van der Waals surface area contributed by atoms with Crippen molar-refractivity contribution in [2.75, 3.05) is 58.9 Å². The summed E-state index contributed by atoms with van der Waals surface area (Å²) >= 11 is 0. The van der Waals surface area contributed by atoms with Gasteiger partial charge in [0.05, 0.1) is 0 Å². The van der Waals surface area contributed by atoms with Crippen molar-refractivity contribution < 1.29 is 14.4 Å². The van der Waals surface area contributed by atoms with E-state index in [2.05, 4.69) is 20.0 Å². The Bertz CT molecular complexity index is 747. The van der Waals surface area contributed by atoms with E-state index in [4.69, 9.17) is 0 Å². The molecule has 8 nitrogen and oxygen atoms in total. The van der Waals surface area contributed by atoms with Crippen LogP contribution in [0.5, 0.6) is 0 Å². The molecular weight excluding hydrogens is 430 g/mol. The molecule has 0 unspecified atom stereocenters. The maximum absolute atomic E-state index is 13.3. The molecule has 4 amide bonds. The number of piperidine rings is 5. The van der Waals surface area contributed by atoms with Gasteiger partial charge in [0.2, 0.25) is 11.8 Å². The molecule has 5 fully saturated rings. The summed E-state index contributed by atoms with van der Waals surface area (Å²) in [5, 5.41) is 3.14. The van der Waals surface area contributed by atoms with Crippen molar-refractivity contribution in [3.05, 3.63) is 0 Å². The molecule has 5 rings (SSSR count). The third-order valence-corrected chi connectivity index (χ3v) is 8.99. The van der Waals surface area contributed by atoms with Gasteiger partial charge in [0.15, 0.2) is 0 Å². The van der Waals surface area contributed by atoms with E-state index in [1.54, 1.807) is 0 Å². The number of hydrogen-bond donors (Lipinski definition) is 1. The van der Waals surface area contributed by atoms with E-state index in [0.717, 1.165) is 71.2 Å². The van der Waals surface area contributed by atoms with Crippen LogP contribution in [0.15, 0.2) is 0 Å². The maximum atomic E-state index is 13.3. The second-order valence-electron chi connectivity index (χ2n) is 11.4. The number of likely N-dealkylation sites (tertiary alicyclic amines) is 3. The summed E-state index contributed by atoms with van der Waals surface area (Å²) in [4.78, 5) is 47.0. The van der Waals surface area contributed by atoms with E-state index in [1.807, 2.05) is 4.90 Å². The lowest BCUT2D eigenvalue weighted by molar-refractivity contribution is -0.144. The fourth-order valence-electron chi connectivity index (χ4n) is 7.14. The van der Waals surface area contributed by atoms with Crippen molar-refractivity contribution in [1.82, 2.24) is 24.9 Å². The molecule has 34 heavy (non-hydrogen) atoms. The molecule has 190 valence electrons. The zero-order chi connectivity index (χ0) is 23.5. The fourth-order valence-corrected chi connectivity index (χ4v) is 7.14. The van der Waals surface area contributed by atoms with Gasteiger partial charge in [-0.1, -0.05) is 6.42 Å². The molecule has 0 aliphatic carbocycles. The average Bonchev–Trinajstić information content (AvgIpc) is 2.87. The largest absolute Gasteiger partial charge is 0.356 e. The number of nitrogens with zero attached hydrogens (tertiary/aromatic N) is 4. The first-order valence-electron chi connectivity index (χ1n) is 13.9. The SMILES string of the molecule is O=C(NCCCN1CCCCC1)C1CCN(C(=O)N2C[C@@H]3C[C@H](C2)[C@H]2CCCC(=O)N2C3)CC1. The second-order valence-corrected chi connectivity index (χ2v) is 11.4. The van der Waals surface area contributed by atoms with E-state index in [-0.39, 0.29) is 17.9 Å². The average molecular weight is 474 g/mol. The lowest BCUT2D eigenvalue weighted by atomic mass is 9.76. The molecule has 2 bridgehead atoms. The van der Waals surface area contributed by atoms with E-state index >= 15 is 0 Å². The first-order valence-corrected chi connectivity index (χ1v) is 13.9. The van der Waals surface area contributed by atoms with E-state index in [1.165, 1.54) is 32.4 Å². The third kappa shape index (κ3) is 5.37. The zero-order valence-corrected chi connectivity index (χ0v) is 20.8. The zero-order valence-electron chi connectivity index (χ0n) is 20.8. The number of urea groups is 1. The highest BCUT2D eigenvalue weighted by molar-refractivity contribution is 5.80. The third-order valence-electron chi connectivity index (χ3n) is 8.99. The molecule has 0 radical (unpaired) electrons. The van der Waals surface area contributed by atoms with Crippen LogP contribution in [0.3, 0.4) is 0 Å². The van der Waals surface area contributed by atoms with E-state index in [0.29, 0.717) is 43.3 Å². The number of carbonyl (C=O) groups is 3. The van der Waals surface area contributed by atoms with Crippen LogP contribution in [0.2, 0.25) is 0 Å². The van der Waals surface area contributed by atoms with Crippen LogP contribution in [-0.2, 0) is 9.59 Å². The van der Waals surface area contributed by atoms with Crippen molar-refractivity contribution >= 4 is 17.8 Å². The number of amides is 4. The highest BCUT2D eigenvalue weighted by atomic mass is 16.2. The molecule has 1 N–H and O–H groups in total. The van der Waals surface area contributed by atoms with Crippen molar-refractivity contribution in [3.63, 3.8) is 0 Å². The van der Waals surface area contributed by atoms with Crippen LogP contribution in [0.4, 0.5) is 4.79 Å². The lowest BCUT2D eigenvalue weighted by Crippen LogP contribution is -2.62. The Morgan fingerprint density at radius 3 is 2.47 bits per heavy atom. The molecule has 0 saturated carbocycles. The summed E-state index contributed by atoms with van der Waals surface area (Å²) in [5.74, 6) is 1.35. The molecule has 5 aliphatic heterocycles. The highest BCUT2D eigenvalue weighted by Gasteiger charge is 2.45. The van der Waals surface area contributed by atoms with Gasteiger partial charge in [-0.3, -0.25) is 9.59 Å². The van der Waals surface area contributed by atoms with Crippen molar-refractivity contribution in [3.8, 4) is 0 Å². The topological polar surface area (TPSA) is 76.2 Å². The van der Waals surface area contributed by atoms with Gasteiger partial charge in [-0.25, -0.2) is 4.79 Å². The Morgan fingerprint density at radius 1 is 0.882 bits per heavy atom. The Morgan fingerprint density at radius 2 is 1.68 bits per heavy atom. The molecule has 0 spiro atoms. The minimum absolute atomic E-state index is 0.0292. The molecule has 5 saturated heterocycles. The molecular formula is C26H43N5O3. The van der Waals surface area contributed by atoms with Crippen LogP contribution in [0.25, 0.3) is 0 Å². The normalized spacial score (nSPS) is 30.8. The minimum Gasteiger partial charge on any atom is -0.356 e. The van der Waals surface area contributed by atoms with Crippen LogP contribution in [0.1, 0.15) is 64.2 Å². The lowest BCUT2D eigenvalue weighted by Gasteiger charge is -2.53. The predicted molar refractivity (Wildman–Crippen MR) is 130 cm³/mol.